The highest BCUT2D eigenvalue weighted by atomic mass is 16.5. The first-order chi connectivity index (χ1) is 7.63. The Bertz CT molecular complexity index is 309. The van der Waals surface area contributed by atoms with Crippen LogP contribution in [0.15, 0.2) is 24.3 Å². The molecule has 90 valence electrons. The van der Waals surface area contributed by atoms with Crippen molar-refractivity contribution in [1.82, 2.24) is 5.32 Å². The van der Waals surface area contributed by atoms with Gasteiger partial charge in [-0.1, -0.05) is 24.3 Å². The molecule has 0 fully saturated rings. The third kappa shape index (κ3) is 4.33. The van der Waals surface area contributed by atoms with Gasteiger partial charge in [-0.05, 0) is 45.4 Å². The van der Waals surface area contributed by atoms with Crippen LogP contribution in [0.1, 0.15) is 25.0 Å². The Morgan fingerprint density at radius 1 is 1.25 bits per heavy atom. The van der Waals surface area contributed by atoms with Crippen LogP contribution in [-0.2, 0) is 11.2 Å². The summed E-state index contributed by atoms with van der Waals surface area (Å²) in [5.41, 5.74) is 2.75. The Hall–Kier alpha value is -0.860. The predicted molar refractivity (Wildman–Crippen MR) is 68.8 cm³/mol. The lowest BCUT2D eigenvalue weighted by Crippen LogP contribution is -2.33. The third-order valence-corrected chi connectivity index (χ3v) is 2.77. The van der Waals surface area contributed by atoms with Crippen LogP contribution in [0.2, 0.25) is 0 Å². The van der Waals surface area contributed by atoms with Crippen LogP contribution in [0.25, 0.3) is 0 Å². The molecule has 0 aliphatic heterocycles. The van der Waals surface area contributed by atoms with E-state index in [1.807, 2.05) is 7.05 Å². The van der Waals surface area contributed by atoms with E-state index in [2.05, 4.69) is 50.4 Å². The van der Waals surface area contributed by atoms with Crippen LogP contribution >= 0.6 is 0 Å². The van der Waals surface area contributed by atoms with Crippen molar-refractivity contribution in [2.24, 2.45) is 0 Å². The van der Waals surface area contributed by atoms with Gasteiger partial charge in [0.25, 0.3) is 0 Å². The predicted octanol–water partition coefficient (Wildman–Crippen LogP) is 2.55. The Balaban J connectivity index is 2.53. The number of likely N-dealkylation sites (N-methyl/N-ethyl adjacent to an activating group) is 1. The van der Waals surface area contributed by atoms with Gasteiger partial charge >= 0.3 is 0 Å². The van der Waals surface area contributed by atoms with E-state index in [1.165, 1.54) is 11.1 Å². The molecule has 0 aliphatic rings. The summed E-state index contributed by atoms with van der Waals surface area (Å²) in [6.07, 6.45) is 1.32. The molecular weight excluding hydrogens is 198 g/mol. The van der Waals surface area contributed by atoms with Gasteiger partial charge in [-0.25, -0.2) is 0 Å². The molecule has 0 radical (unpaired) electrons. The van der Waals surface area contributed by atoms with Crippen molar-refractivity contribution in [2.75, 3.05) is 13.7 Å². The number of aryl methyl sites for hydroxylation is 1. The van der Waals surface area contributed by atoms with Crippen molar-refractivity contribution < 1.29 is 4.74 Å². The van der Waals surface area contributed by atoms with Gasteiger partial charge < -0.3 is 10.1 Å². The lowest BCUT2D eigenvalue weighted by atomic mass is 10.0. The van der Waals surface area contributed by atoms with E-state index in [1.54, 1.807) is 0 Å². The third-order valence-electron chi connectivity index (χ3n) is 2.77. The van der Waals surface area contributed by atoms with Crippen LogP contribution in [0, 0.1) is 6.92 Å². The summed E-state index contributed by atoms with van der Waals surface area (Å²) in [6, 6.07) is 8.92. The van der Waals surface area contributed by atoms with E-state index >= 15 is 0 Å². The Morgan fingerprint density at radius 2 is 1.94 bits per heavy atom. The first-order valence-electron chi connectivity index (χ1n) is 5.97. The maximum Gasteiger partial charge on any atom is 0.0626 e. The number of hydrogen-bond acceptors (Lipinski definition) is 2. The molecule has 1 aromatic carbocycles. The van der Waals surface area contributed by atoms with Crippen LogP contribution < -0.4 is 5.32 Å². The summed E-state index contributed by atoms with van der Waals surface area (Å²) in [7, 11) is 1.99. The van der Waals surface area contributed by atoms with Crippen molar-refractivity contribution in [3.05, 3.63) is 35.4 Å². The summed E-state index contributed by atoms with van der Waals surface area (Å²) < 4.78 is 5.64. The second-order valence-electron chi connectivity index (χ2n) is 4.50. The smallest absolute Gasteiger partial charge is 0.0626 e. The monoisotopic (exact) mass is 221 g/mol. The average Bonchev–Trinajstić information content (AvgIpc) is 2.26. The summed E-state index contributed by atoms with van der Waals surface area (Å²) in [5.74, 6) is 0. The zero-order valence-electron chi connectivity index (χ0n) is 10.8. The molecule has 16 heavy (non-hydrogen) atoms. The first kappa shape index (κ1) is 13.2. The molecule has 0 saturated heterocycles. The molecule has 0 aliphatic carbocycles. The molecule has 0 aromatic heterocycles. The van der Waals surface area contributed by atoms with E-state index < -0.39 is 0 Å². The summed E-state index contributed by atoms with van der Waals surface area (Å²) >= 11 is 0. The number of nitrogens with one attached hydrogen (secondary N) is 1. The fourth-order valence-corrected chi connectivity index (χ4v) is 1.66. The largest absolute Gasteiger partial charge is 0.377 e. The number of ether oxygens (including phenoxy) is 1. The van der Waals surface area contributed by atoms with Crippen LogP contribution in [-0.4, -0.2) is 25.8 Å². The molecule has 1 N–H and O–H groups in total. The summed E-state index contributed by atoms with van der Waals surface area (Å²) in [5, 5.41) is 3.31. The average molecular weight is 221 g/mol. The molecule has 0 heterocycles. The quantitative estimate of drug-likeness (QED) is 0.797. The minimum Gasteiger partial charge on any atom is -0.377 e. The SMILES string of the molecule is CNC(COC(C)C)Cc1ccccc1C. The fraction of sp³-hybridized carbons (Fsp3) is 0.571. The van der Waals surface area contributed by atoms with Crippen molar-refractivity contribution in [1.29, 1.82) is 0 Å². The van der Waals surface area contributed by atoms with E-state index in [4.69, 9.17) is 4.74 Å². The maximum atomic E-state index is 5.64. The van der Waals surface area contributed by atoms with Crippen molar-refractivity contribution >= 4 is 0 Å². The van der Waals surface area contributed by atoms with E-state index in [9.17, 15) is 0 Å². The maximum absolute atomic E-state index is 5.64. The van der Waals surface area contributed by atoms with Gasteiger partial charge in [0.2, 0.25) is 0 Å². The number of benzene rings is 1. The number of hydrogen-bond donors (Lipinski definition) is 1. The molecular formula is C14H23NO. The van der Waals surface area contributed by atoms with E-state index in [0.717, 1.165) is 13.0 Å². The van der Waals surface area contributed by atoms with Crippen LogP contribution in [0.3, 0.4) is 0 Å². The first-order valence-corrected chi connectivity index (χ1v) is 5.97. The van der Waals surface area contributed by atoms with E-state index in [-0.39, 0.29) is 0 Å². The van der Waals surface area contributed by atoms with Gasteiger partial charge in [0.05, 0.1) is 12.7 Å². The molecule has 0 saturated carbocycles. The summed E-state index contributed by atoms with van der Waals surface area (Å²) in [4.78, 5) is 0. The second-order valence-corrected chi connectivity index (χ2v) is 4.50. The molecule has 1 rings (SSSR count). The highest BCUT2D eigenvalue weighted by Crippen LogP contribution is 2.10. The van der Waals surface area contributed by atoms with Gasteiger partial charge in [-0.15, -0.1) is 0 Å². The molecule has 2 nitrogen and oxygen atoms in total. The van der Waals surface area contributed by atoms with Gasteiger partial charge in [0, 0.05) is 6.04 Å². The lowest BCUT2D eigenvalue weighted by molar-refractivity contribution is 0.0627. The fourth-order valence-electron chi connectivity index (χ4n) is 1.66. The van der Waals surface area contributed by atoms with Gasteiger partial charge in [0.1, 0.15) is 0 Å². The Kier molecular flexibility index (Phi) is 5.50. The highest BCUT2D eigenvalue weighted by molar-refractivity contribution is 5.26. The Labute approximate surface area is 99.0 Å². The van der Waals surface area contributed by atoms with Crippen LogP contribution in [0.5, 0.6) is 0 Å². The van der Waals surface area contributed by atoms with Crippen molar-refractivity contribution in [2.45, 2.75) is 39.3 Å². The Morgan fingerprint density at radius 3 is 2.50 bits per heavy atom. The molecule has 1 aromatic rings. The highest BCUT2D eigenvalue weighted by Gasteiger charge is 2.09. The standard InChI is InChI=1S/C14H23NO/c1-11(2)16-10-14(15-4)9-13-8-6-5-7-12(13)3/h5-8,11,14-15H,9-10H2,1-4H3. The lowest BCUT2D eigenvalue weighted by Gasteiger charge is -2.19. The second kappa shape index (κ2) is 6.66. The van der Waals surface area contributed by atoms with Gasteiger partial charge in [0.15, 0.2) is 0 Å². The van der Waals surface area contributed by atoms with Crippen molar-refractivity contribution in [3.8, 4) is 0 Å². The minimum absolute atomic E-state index is 0.299. The molecule has 1 unspecified atom stereocenters. The molecule has 2 heteroatoms. The molecule has 0 spiro atoms. The minimum atomic E-state index is 0.299. The van der Waals surface area contributed by atoms with E-state index in [0.29, 0.717) is 12.1 Å². The zero-order chi connectivity index (χ0) is 12.0. The summed E-state index contributed by atoms with van der Waals surface area (Å²) in [6.45, 7) is 7.06. The van der Waals surface area contributed by atoms with Gasteiger partial charge in [-0.3, -0.25) is 0 Å². The number of rotatable bonds is 6. The van der Waals surface area contributed by atoms with Crippen molar-refractivity contribution in [3.63, 3.8) is 0 Å². The normalized spacial score (nSPS) is 13.1. The molecule has 1 atom stereocenters. The topological polar surface area (TPSA) is 21.3 Å². The van der Waals surface area contributed by atoms with Gasteiger partial charge in [-0.2, -0.15) is 0 Å². The molecule has 0 bridgehead atoms. The van der Waals surface area contributed by atoms with Crippen LogP contribution in [0.4, 0.5) is 0 Å². The zero-order valence-corrected chi connectivity index (χ0v) is 10.8. The molecule has 0 amide bonds.